The van der Waals surface area contributed by atoms with E-state index in [1.165, 1.54) is 6.92 Å². The quantitative estimate of drug-likeness (QED) is 0.628. The van der Waals surface area contributed by atoms with Crippen LogP contribution >= 0.6 is 11.6 Å². The minimum Gasteiger partial charge on any atom is -0.437 e. The third-order valence-electron chi connectivity index (χ3n) is 4.38. The van der Waals surface area contributed by atoms with E-state index in [-0.39, 0.29) is 5.78 Å². The Hall–Kier alpha value is -2.79. The van der Waals surface area contributed by atoms with E-state index in [0.29, 0.717) is 28.0 Å². The number of carbonyl (C=O) groups is 1. The predicted molar refractivity (Wildman–Crippen MR) is 98.8 cm³/mol. The Morgan fingerprint density at radius 2 is 1.92 bits per heavy atom. The number of hydrogen-bond donors (Lipinski definition) is 0. The summed E-state index contributed by atoms with van der Waals surface area (Å²) in [7, 11) is 0. The average molecular weight is 366 g/mol. The molecule has 2 aromatic heterocycles. The number of aromatic nitrogens is 3. The monoisotopic (exact) mass is 365 g/mol. The zero-order chi connectivity index (χ0) is 18.1. The van der Waals surface area contributed by atoms with Crippen LogP contribution in [0.3, 0.4) is 0 Å². The van der Waals surface area contributed by atoms with Crippen molar-refractivity contribution in [2.75, 3.05) is 0 Å². The van der Waals surface area contributed by atoms with Gasteiger partial charge < -0.3 is 4.74 Å². The second-order valence-corrected chi connectivity index (χ2v) is 6.58. The lowest BCUT2D eigenvalue weighted by Crippen LogP contribution is -2.01. The topological polar surface area (TPSA) is 65.0 Å². The normalized spacial score (nSPS) is 12.7. The molecule has 0 N–H and O–H groups in total. The molecule has 6 heteroatoms. The maximum atomic E-state index is 11.5. The lowest BCUT2D eigenvalue weighted by atomic mass is 10.1. The molecule has 0 amide bonds. The number of hydrogen-bond acceptors (Lipinski definition) is 5. The van der Waals surface area contributed by atoms with Crippen LogP contribution < -0.4 is 4.74 Å². The molecule has 0 radical (unpaired) electrons. The molecule has 1 aromatic carbocycles. The summed E-state index contributed by atoms with van der Waals surface area (Å²) >= 11 is 6.30. The molecule has 1 aliphatic carbocycles. The molecule has 0 saturated carbocycles. The van der Waals surface area contributed by atoms with Gasteiger partial charge in [0.25, 0.3) is 0 Å². The van der Waals surface area contributed by atoms with Crippen LogP contribution in [-0.4, -0.2) is 20.7 Å². The second kappa shape index (κ2) is 6.84. The largest absolute Gasteiger partial charge is 0.437 e. The molecule has 4 rings (SSSR count). The number of ketones is 1. The van der Waals surface area contributed by atoms with Gasteiger partial charge in [-0.1, -0.05) is 11.6 Å². The van der Waals surface area contributed by atoms with Crippen LogP contribution in [0.1, 0.15) is 35.0 Å². The van der Waals surface area contributed by atoms with Gasteiger partial charge >= 0.3 is 0 Å². The van der Waals surface area contributed by atoms with Crippen molar-refractivity contribution in [2.24, 2.45) is 0 Å². The number of Topliss-reactive ketones (excluding diaryl/α,β-unsaturated/α-hetero) is 1. The Kier molecular flexibility index (Phi) is 4.39. The Balaban J connectivity index is 1.75. The average Bonchev–Trinajstić information content (AvgIpc) is 3.13. The summed E-state index contributed by atoms with van der Waals surface area (Å²) in [5, 5.41) is 0.383. The third-order valence-corrected chi connectivity index (χ3v) is 4.67. The molecular weight excluding hydrogens is 350 g/mol. The molecule has 3 aromatic rings. The zero-order valence-electron chi connectivity index (χ0n) is 14.2. The van der Waals surface area contributed by atoms with Crippen molar-refractivity contribution in [2.45, 2.75) is 26.2 Å². The zero-order valence-corrected chi connectivity index (χ0v) is 15.0. The van der Waals surface area contributed by atoms with Gasteiger partial charge in [-0.3, -0.25) is 9.78 Å². The van der Waals surface area contributed by atoms with Crippen LogP contribution in [0.5, 0.6) is 11.6 Å². The first kappa shape index (κ1) is 16.7. The number of fused-ring (bicyclic) bond motifs is 1. The maximum Gasteiger partial charge on any atom is 0.226 e. The van der Waals surface area contributed by atoms with Crippen molar-refractivity contribution in [3.63, 3.8) is 0 Å². The maximum absolute atomic E-state index is 11.5. The SMILES string of the molecule is CC(=O)c1ccc(Oc2nc(-c3ccncc3)nc3c2CCC3)c(Cl)c1. The fraction of sp³-hybridized carbons (Fsp3) is 0.200. The van der Waals surface area contributed by atoms with Crippen LogP contribution in [0.15, 0.2) is 42.7 Å². The smallest absolute Gasteiger partial charge is 0.226 e. The highest BCUT2D eigenvalue weighted by molar-refractivity contribution is 6.32. The number of halogens is 1. The van der Waals surface area contributed by atoms with Gasteiger partial charge in [0.05, 0.1) is 10.7 Å². The van der Waals surface area contributed by atoms with Crippen molar-refractivity contribution in [1.29, 1.82) is 0 Å². The van der Waals surface area contributed by atoms with E-state index >= 15 is 0 Å². The standard InChI is InChI=1S/C20H16ClN3O2/c1-12(25)14-5-6-18(16(21)11-14)26-20-15-3-2-4-17(15)23-19(24-20)13-7-9-22-10-8-13/h5-11H,2-4H2,1H3. The van der Waals surface area contributed by atoms with E-state index < -0.39 is 0 Å². The summed E-state index contributed by atoms with van der Waals surface area (Å²) in [6, 6.07) is 8.76. The van der Waals surface area contributed by atoms with Crippen LogP contribution in [0.25, 0.3) is 11.4 Å². The lowest BCUT2D eigenvalue weighted by molar-refractivity contribution is 0.101. The van der Waals surface area contributed by atoms with Crippen LogP contribution in [-0.2, 0) is 12.8 Å². The summed E-state index contributed by atoms with van der Waals surface area (Å²) in [5.41, 5.74) is 3.47. The Morgan fingerprint density at radius 3 is 2.65 bits per heavy atom. The minimum atomic E-state index is -0.0404. The van der Waals surface area contributed by atoms with Crippen molar-refractivity contribution in [3.8, 4) is 23.0 Å². The number of carbonyl (C=O) groups excluding carboxylic acids is 1. The summed E-state index contributed by atoms with van der Waals surface area (Å²) in [6.45, 7) is 1.50. The molecule has 2 heterocycles. The van der Waals surface area contributed by atoms with Crippen LogP contribution in [0.4, 0.5) is 0 Å². The first-order valence-corrected chi connectivity index (χ1v) is 8.78. The molecule has 0 aliphatic heterocycles. The molecule has 0 unspecified atom stereocenters. The Bertz CT molecular complexity index is 990. The summed E-state index contributed by atoms with van der Waals surface area (Å²) in [5.74, 6) is 1.57. The number of ether oxygens (including phenoxy) is 1. The molecule has 0 fully saturated rings. The van der Waals surface area contributed by atoms with Gasteiger partial charge in [0, 0.05) is 29.1 Å². The number of aryl methyl sites for hydroxylation is 1. The van der Waals surface area contributed by atoms with E-state index in [2.05, 4.69) is 15.0 Å². The Morgan fingerprint density at radius 1 is 1.12 bits per heavy atom. The fourth-order valence-corrected chi connectivity index (χ4v) is 3.24. The Labute approximate surface area is 156 Å². The molecule has 1 aliphatic rings. The van der Waals surface area contributed by atoms with E-state index in [1.807, 2.05) is 12.1 Å². The number of nitrogens with zero attached hydrogens (tertiary/aromatic N) is 3. The van der Waals surface area contributed by atoms with E-state index in [4.69, 9.17) is 16.3 Å². The van der Waals surface area contributed by atoms with Crippen LogP contribution in [0.2, 0.25) is 5.02 Å². The van der Waals surface area contributed by atoms with E-state index in [0.717, 1.165) is 36.1 Å². The number of pyridine rings is 1. The van der Waals surface area contributed by atoms with Crippen molar-refractivity contribution in [1.82, 2.24) is 15.0 Å². The first-order valence-electron chi connectivity index (χ1n) is 8.40. The lowest BCUT2D eigenvalue weighted by Gasteiger charge is -2.12. The van der Waals surface area contributed by atoms with E-state index in [9.17, 15) is 4.79 Å². The highest BCUT2D eigenvalue weighted by Gasteiger charge is 2.22. The summed E-state index contributed by atoms with van der Waals surface area (Å²) in [6.07, 6.45) is 6.23. The van der Waals surface area contributed by atoms with E-state index in [1.54, 1.807) is 30.6 Å². The number of benzene rings is 1. The molecule has 0 spiro atoms. The van der Waals surface area contributed by atoms with Crippen molar-refractivity contribution >= 4 is 17.4 Å². The first-order chi connectivity index (χ1) is 12.6. The third kappa shape index (κ3) is 3.18. The molecular formula is C20H16ClN3O2. The molecule has 0 saturated heterocycles. The van der Waals surface area contributed by atoms with Crippen LogP contribution in [0, 0.1) is 0 Å². The molecule has 0 atom stereocenters. The van der Waals surface area contributed by atoms with Crippen molar-refractivity contribution in [3.05, 3.63) is 64.6 Å². The molecule has 26 heavy (non-hydrogen) atoms. The van der Waals surface area contributed by atoms with Gasteiger partial charge in [-0.2, -0.15) is 4.98 Å². The molecule has 130 valence electrons. The predicted octanol–water partition coefficient (Wildman–Crippen LogP) is 4.68. The summed E-state index contributed by atoms with van der Waals surface area (Å²) < 4.78 is 6.04. The van der Waals surface area contributed by atoms with Crippen molar-refractivity contribution < 1.29 is 9.53 Å². The van der Waals surface area contributed by atoms with Gasteiger partial charge in [0.15, 0.2) is 11.6 Å². The van der Waals surface area contributed by atoms with Gasteiger partial charge in [0.1, 0.15) is 5.75 Å². The van der Waals surface area contributed by atoms with Gasteiger partial charge in [0.2, 0.25) is 5.88 Å². The molecule has 0 bridgehead atoms. The minimum absolute atomic E-state index is 0.0404. The second-order valence-electron chi connectivity index (χ2n) is 6.17. The highest BCUT2D eigenvalue weighted by atomic mass is 35.5. The summed E-state index contributed by atoms with van der Waals surface area (Å²) in [4.78, 5) is 24.8. The fourth-order valence-electron chi connectivity index (χ4n) is 3.02. The van der Waals surface area contributed by atoms with Gasteiger partial charge in [-0.05, 0) is 56.5 Å². The number of rotatable bonds is 4. The molecule has 5 nitrogen and oxygen atoms in total. The van der Waals surface area contributed by atoms with Gasteiger partial charge in [-0.15, -0.1) is 0 Å². The highest BCUT2D eigenvalue weighted by Crippen LogP contribution is 2.36. The van der Waals surface area contributed by atoms with Gasteiger partial charge in [-0.25, -0.2) is 4.98 Å².